The van der Waals surface area contributed by atoms with Crippen molar-refractivity contribution in [1.29, 1.82) is 0 Å². The Balaban J connectivity index is 2.47. The van der Waals surface area contributed by atoms with Gasteiger partial charge in [0.05, 0.1) is 14.2 Å². The van der Waals surface area contributed by atoms with Crippen LogP contribution in [0, 0.1) is 18.6 Å². The Kier molecular flexibility index (Phi) is 3.40. The van der Waals surface area contributed by atoms with Gasteiger partial charge in [-0.3, -0.25) is 4.79 Å². The zero-order valence-electron chi connectivity index (χ0n) is 8.76. The van der Waals surface area contributed by atoms with E-state index in [1.165, 1.54) is 24.3 Å². The molecule has 2 rings (SSSR count). The molecule has 0 N–H and O–H groups in total. The molecule has 0 aliphatic carbocycles. The molecule has 17 heavy (non-hydrogen) atoms. The highest BCUT2D eigenvalue weighted by molar-refractivity contribution is 9.11. The van der Waals surface area contributed by atoms with E-state index in [4.69, 9.17) is 0 Å². The van der Waals surface area contributed by atoms with Crippen LogP contribution in [0.25, 0.3) is 0 Å². The number of carbonyl (C=O) groups is 1. The number of halogens is 3. The zero-order valence-corrected chi connectivity index (χ0v) is 11.2. The number of hydrogen-bond acceptors (Lipinski definition) is 2. The van der Waals surface area contributed by atoms with Crippen molar-refractivity contribution in [2.45, 2.75) is 6.92 Å². The molecule has 88 valence electrons. The maximum absolute atomic E-state index is 13.5. The topological polar surface area (TPSA) is 17.1 Å². The smallest absolute Gasteiger partial charge is 0.205 e. The van der Waals surface area contributed by atoms with Gasteiger partial charge in [0.2, 0.25) is 5.78 Å². The number of ketones is 1. The van der Waals surface area contributed by atoms with E-state index in [1.807, 2.05) is 0 Å². The fourth-order valence-electron chi connectivity index (χ4n) is 1.40. The molecular formula is C12H7BrF2OS. The fraction of sp³-hybridized carbons (Fsp3) is 0.0833. The predicted molar refractivity (Wildman–Crippen MR) is 66.5 cm³/mol. The molecule has 0 amide bonds. The lowest BCUT2D eigenvalue weighted by Gasteiger charge is -2.03. The van der Waals surface area contributed by atoms with E-state index in [2.05, 4.69) is 15.9 Å². The van der Waals surface area contributed by atoms with E-state index in [1.54, 1.807) is 12.1 Å². The number of rotatable bonds is 2. The average molecular weight is 317 g/mol. The first-order valence-corrected chi connectivity index (χ1v) is 6.35. The molecule has 1 nitrogen and oxygen atoms in total. The summed E-state index contributed by atoms with van der Waals surface area (Å²) in [6.07, 6.45) is 0. The highest BCUT2D eigenvalue weighted by atomic mass is 79.9. The van der Waals surface area contributed by atoms with Gasteiger partial charge in [0.1, 0.15) is 11.6 Å². The lowest BCUT2D eigenvalue weighted by atomic mass is 10.1. The number of thiophene rings is 1. The molecular weight excluding hydrogens is 310 g/mol. The van der Waals surface area contributed by atoms with Gasteiger partial charge in [0, 0.05) is 6.07 Å². The Morgan fingerprint density at radius 2 is 1.94 bits per heavy atom. The van der Waals surface area contributed by atoms with E-state index >= 15 is 0 Å². The summed E-state index contributed by atoms with van der Waals surface area (Å²) in [6.45, 7) is 1.50. The Bertz CT molecular complexity index is 592. The summed E-state index contributed by atoms with van der Waals surface area (Å²) >= 11 is 4.45. The van der Waals surface area contributed by atoms with Crippen molar-refractivity contribution in [2.24, 2.45) is 0 Å². The van der Waals surface area contributed by atoms with Crippen molar-refractivity contribution in [3.8, 4) is 0 Å². The van der Waals surface area contributed by atoms with Crippen LogP contribution in [0.2, 0.25) is 0 Å². The summed E-state index contributed by atoms with van der Waals surface area (Å²) in [5.74, 6) is -1.91. The second-order valence-electron chi connectivity index (χ2n) is 3.51. The summed E-state index contributed by atoms with van der Waals surface area (Å²) in [4.78, 5) is 12.4. The van der Waals surface area contributed by atoms with Crippen LogP contribution < -0.4 is 0 Å². The quantitative estimate of drug-likeness (QED) is 0.754. The number of aryl methyl sites for hydroxylation is 1. The van der Waals surface area contributed by atoms with E-state index in [0.717, 1.165) is 9.85 Å². The third-order valence-electron chi connectivity index (χ3n) is 2.29. The summed E-state index contributed by atoms with van der Waals surface area (Å²) in [5, 5.41) is 0. The zero-order chi connectivity index (χ0) is 12.6. The van der Waals surface area contributed by atoms with Gasteiger partial charge in [0.25, 0.3) is 0 Å². The van der Waals surface area contributed by atoms with Crippen LogP contribution >= 0.6 is 27.3 Å². The van der Waals surface area contributed by atoms with Crippen molar-refractivity contribution >= 4 is 33.0 Å². The molecule has 0 saturated heterocycles. The molecule has 0 saturated carbocycles. The first-order valence-electron chi connectivity index (χ1n) is 4.74. The maximum atomic E-state index is 13.5. The van der Waals surface area contributed by atoms with Crippen LogP contribution in [0.1, 0.15) is 20.8 Å². The van der Waals surface area contributed by atoms with E-state index in [-0.39, 0.29) is 11.1 Å². The number of carbonyl (C=O) groups excluding carboxylic acids is 1. The molecule has 1 heterocycles. The van der Waals surface area contributed by atoms with Crippen LogP contribution in [0.3, 0.4) is 0 Å². The van der Waals surface area contributed by atoms with Crippen molar-refractivity contribution in [1.82, 2.24) is 0 Å². The first-order chi connectivity index (χ1) is 7.99. The lowest BCUT2D eigenvalue weighted by Crippen LogP contribution is -2.04. The normalized spacial score (nSPS) is 10.6. The Labute approximate surface area is 109 Å². The van der Waals surface area contributed by atoms with Gasteiger partial charge in [-0.1, -0.05) is 0 Å². The molecule has 0 atom stereocenters. The van der Waals surface area contributed by atoms with Crippen molar-refractivity contribution < 1.29 is 13.6 Å². The maximum Gasteiger partial charge on any atom is 0.205 e. The van der Waals surface area contributed by atoms with Gasteiger partial charge in [-0.25, -0.2) is 8.78 Å². The third-order valence-corrected chi connectivity index (χ3v) is 3.91. The van der Waals surface area contributed by atoms with Crippen LogP contribution in [0.15, 0.2) is 28.1 Å². The molecule has 0 bridgehead atoms. The molecule has 0 unspecified atom stereocenters. The molecule has 0 fully saturated rings. The molecule has 1 aromatic carbocycles. The molecule has 1 aromatic heterocycles. The average Bonchev–Trinajstić information content (AvgIpc) is 2.69. The molecule has 0 aliphatic rings. The molecule has 0 radical (unpaired) electrons. The highest BCUT2D eigenvalue weighted by Crippen LogP contribution is 2.26. The summed E-state index contributed by atoms with van der Waals surface area (Å²) < 4.78 is 27.4. The number of benzene rings is 1. The lowest BCUT2D eigenvalue weighted by molar-refractivity contribution is 0.103. The van der Waals surface area contributed by atoms with Gasteiger partial charge in [-0.2, -0.15) is 0 Å². The Hall–Kier alpha value is -1.07. The van der Waals surface area contributed by atoms with Crippen LogP contribution in [0.5, 0.6) is 0 Å². The minimum Gasteiger partial charge on any atom is -0.288 e. The van der Waals surface area contributed by atoms with E-state index in [0.29, 0.717) is 4.88 Å². The molecule has 0 spiro atoms. The van der Waals surface area contributed by atoms with Crippen molar-refractivity contribution in [3.63, 3.8) is 0 Å². The summed E-state index contributed by atoms with van der Waals surface area (Å²) in [5.41, 5.74) is 0.156. The van der Waals surface area contributed by atoms with Gasteiger partial charge in [-0.15, -0.1) is 11.3 Å². The monoisotopic (exact) mass is 316 g/mol. The summed E-state index contributed by atoms with van der Waals surface area (Å²) in [7, 11) is 0. The predicted octanol–water partition coefficient (Wildman–Crippen LogP) is 4.33. The Morgan fingerprint density at radius 1 is 1.24 bits per heavy atom. The second-order valence-corrected chi connectivity index (χ2v) is 5.98. The fourth-order valence-corrected chi connectivity index (χ4v) is 2.74. The minimum atomic E-state index is -0.831. The van der Waals surface area contributed by atoms with Gasteiger partial charge in [0.15, 0.2) is 0 Å². The van der Waals surface area contributed by atoms with E-state index in [9.17, 15) is 13.6 Å². The van der Waals surface area contributed by atoms with Crippen LogP contribution in [0.4, 0.5) is 8.78 Å². The number of hydrogen-bond donors (Lipinski definition) is 0. The van der Waals surface area contributed by atoms with E-state index < -0.39 is 17.4 Å². The minimum absolute atomic E-state index is 0.0988. The summed E-state index contributed by atoms with van der Waals surface area (Å²) in [6, 6.07) is 5.30. The van der Waals surface area contributed by atoms with Crippen molar-refractivity contribution in [2.75, 3.05) is 0 Å². The third kappa shape index (κ3) is 2.45. The largest absolute Gasteiger partial charge is 0.288 e. The van der Waals surface area contributed by atoms with Gasteiger partial charge < -0.3 is 0 Å². The standard InChI is InChI=1S/C12H7BrF2OS/c1-6-4-7(9(15)5-8(6)14)12(16)10-2-3-11(13)17-10/h2-5H,1H3. The van der Waals surface area contributed by atoms with Crippen molar-refractivity contribution in [3.05, 3.63) is 55.7 Å². The molecule has 5 heteroatoms. The van der Waals surface area contributed by atoms with Gasteiger partial charge >= 0.3 is 0 Å². The van der Waals surface area contributed by atoms with Crippen LogP contribution in [-0.4, -0.2) is 5.78 Å². The SMILES string of the molecule is Cc1cc(C(=O)c2ccc(Br)s2)c(F)cc1F. The molecule has 2 aromatic rings. The van der Waals surface area contributed by atoms with Gasteiger partial charge in [-0.05, 0) is 46.6 Å². The highest BCUT2D eigenvalue weighted by Gasteiger charge is 2.17. The Morgan fingerprint density at radius 3 is 2.53 bits per heavy atom. The molecule has 0 aliphatic heterocycles. The second kappa shape index (κ2) is 4.66. The first kappa shape index (κ1) is 12.4. The van der Waals surface area contributed by atoms with Crippen LogP contribution in [-0.2, 0) is 0 Å².